The monoisotopic (exact) mass is 417 g/mol. The zero-order chi connectivity index (χ0) is 19.8. The number of pyridine rings is 1. The molecule has 5 rings (SSSR count). The van der Waals surface area contributed by atoms with Gasteiger partial charge in [-0.05, 0) is 53.7 Å². The highest BCUT2D eigenvalue weighted by Crippen LogP contribution is 2.33. The summed E-state index contributed by atoms with van der Waals surface area (Å²) >= 11 is 7.59. The van der Waals surface area contributed by atoms with Gasteiger partial charge in [0.1, 0.15) is 0 Å². The summed E-state index contributed by atoms with van der Waals surface area (Å²) in [7, 11) is 0. The molecule has 2 aromatic carbocycles. The van der Waals surface area contributed by atoms with Crippen LogP contribution in [0.15, 0.2) is 71.0 Å². The Hall–Kier alpha value is -3.29. The fraction of sp³-hybridized carbons (Fsp3) is 0. The fourth-order valence-electron chi connectivity index (χ4n) is 2.99. The molecule has 2 aromatic heterocycles. The third-order valence-corrected chi connectivity index (χ3v) is 5.55. The molecule has 1 N–H and O–H groups in total. The first-order valence-electron chi connectivity index (χ1n) is 8.70. The van der Waals surface area contributed by atoms with E-state index in [1.807, 2.05) is 36.4 Å². The van der Waals surface area contributed by atoms with Gasteiger partial charge in [-0.15, -0.1) is 0 Å². The van der Waals surface area contributed by atoms with Gasteiger partial charge in [-0.3, -0.25) is 19.7 Å². The van der Waals surface area contributed by atoms with Gasteiger partial charge in [-0.1, -0.05) is 23.7 Å². The average Bonchev–Trinajstić information content (AvgIpc) is 3.07. The minimum atomic E-state index is -0.197. The van der Waals surface area contributed by atoms with Crippen molar-refractivity contribution in [3.8, 4) is 0 Å². The van der Waals surface area contributed by atoms with E-state index in [0.29, 0.717) is 31.8 Å². The SMILES string of the molecule is O=C1NC(=Nc2cc3nccnc3cc2Cl)SC1=Cc1ccc2ncccc2c1. The fourth-order valence-corrected chi connectivity index (χ4v) is 4.02. The van der Waals surface area contributed by atoms with Crippen molar-refractivity contribution in [2.24, 2.45) is 4.99 Å². The standard InChI is InChI=1S/C21H12ClN5OS/c22-14-10-17-18(25-7-6-24-17)11-16(14)26-21-27-20(28)19(29-21)9-12-3-4-15-13(8-12)2-1-5-23-15/h1-11H,(H,26,27,28). The number of hydrogen-bond acceptors (Lipinski definition) is 6. The molecule has 0 bridgehead atoms. The van der Waals surface area contributed by atoms with Gasteiger partial charge in [0.05, 0.1) is 32.2 Å². The van der Waals surface area contributed by atoms with Gasteiger partial charge >= 0.3 is 0 Å². The molecule has 0 saturated carbocycles. The highest BCUT2D eigenvalue weighted by Gasteiger charge is 2.24. The number of aromatic nitrogens is 3. The van der Waals surface area contributed by atoms with Crippen molar-refractivity contribution >= 4 is 68.1 Å². The second-order valence-electron chi connectivity index (χ2n) is 6.29. The van der Waals surface area contributed by atoms with Crippen LogP contribution in [0, 0.1) is 0 Å². The van der Waals surface area contributed by atoms with Crippen molar-refractivity contribution in [3.05, 3.63) is 76.5 Å². The summed E-state index contributed by atoms with van der Waals surface area (Å²) in [4.78, 5) is 30.2. The molecule has 0 aliphatic carbocycles. The third kappa shape index (κ3) is 3.57. The number of nitrogens with zero attached hydrogens (tertiary/aromatic N) is 4. The zero-order valence-corrected chi connectivity index (χ0v) is 16.4. The van der Waals surface area contributed by atoms with E-state index in [1.165, 1.54) is 11.8 Å². The molecular formula is C21H12ClN5OS. The Bertz CT molecular complexity index is 1350. The highest BCUT2D eigenvalue weighted by atomic mass is 35.5. The number of carbonyl (C=O) groups excluding carboxylic acids is 1. The largest absolute Gasteiger partial charge is 0.300 e. The summed E-state index contributed by atoms with van der Waals surface area (Å²) in [6.07, 6.45) is 6.81. The minimum absolute atomic E-state index is 0.197. The molecule has 0 atom stereocenters. The van der Waals surface area contributed by atoms with E-state index in [-0.39, 0.29) is 5.91 Å². The Morgan fingerprint density at radius 1 is 0.966 bits per heavy atom. The van der Waals surface area contributed by atoms with Crippen LogP contribution in [0.1, 0.15) is 5.56 Å². The molecule has 0 unspecified atom stereocenters. The van der Waals surface area contributed by atoms with E-state index in [2.05, 4.69) is 25.3 Å². The first kappa shape index (κ1) is 17.8. The van der Waals surface area contributed by atoms with Crippen LogP contribution in [0.25, 0.3) is 28.0 Å². The van der Waals surface area contributed by atoms with E-state index in [0.717, 1.165) is 16.5 Å². The van der Waals surface area contributed by atoms with Gasteiger partial charge < -0.3 is 5.32 Å². The molecule has 140 valence electrons. The molecule has 29 heavy (non-hydrogen) atoms. The molecule has 1 amide bonds. The molecule has 1 fully saturated rings. The van der Waals surface area contributed by atoms with Gasteiger partial charge in [0.25, 0.3) is 5.91 Å². The lowest BCUT2D eigenvalue weighted by Crippen LogP contribution is -2.19. The van der Waals surface area contributed by atoms with Crippen LogP contribution in [-0.4, -0.2) is 26.0 Å². The summed E-state index contributed by atoms with van der Waals surface area (Å²) in [6, 6.07) is 13.2. The Labute approximate surface area is 174 Å². The van der Waals surface area contributed by atoms with Crippen LogP contribution in [0.4, 0.5) is 5.69 Å². The summed E-state index contributed by atoms with van der Waals surface area (Å²) in [5.74, 6) is -0.197. The normalized spacial score (nSPS) is 16.8. The molecule has 0 radical (unpaired) electrons. The number of hydrogen-bond donors (Lipinski definition) is 1. The number of thioether (sulfide) groups is 1. The number of carbonyl (C=O) groups is 1. The highest BCUT2D eigenvalue weighted by molar-refractivity contribution is 8.18. The molecule has 1 aliphatic rings. The van der Waals surface area contributed by atoms with E-state index in [4.69, 9.17) is 11.6 Å². The lowest BCUT2D eigenvalue weighted by atomic mass is 10.1. The molecule has 4 aromatic rings. The summed E-state index contributed by atoms with van der Waals surface area (Å²) in [6.45, 7) is 0. The lowest BCUT2D eigenvalue weighted by Gasteiger charge is -2.02. The Morgan fingerprint density at radius 3 is 2.62 bits per heavy atom. The number of benzene rings is 2. The topological polar surface area (TPSA) is 80.1 Å². The van der Waals surface area contributed by atoms with Crippen LogP contribution in [0.5, 0.6) is 0 Å². The molecule has 6 nitrogen and oxygen atoms in total. The van der Waals surface area contributed by atoms with Gasteiger partial charge in [-0.25, -0.2) is 4.99 Å². The van der Waals surface area contributed by atoms with Crippen LogP contribution >= 0.6 is 23.4 Å². The summed E-state index contributed by atoms with van der Waals surface area (Å²) in [5.41, 5.74) is 3.74. The Morgan fingerprint density at radius 2 is 1.76 bits per heavy atom. The molecule has 8 heteroatoms. The Kier molecular flexibility index (Phi) is 4.46. The first-order valence-corrected chi connectivity index (χ1v) is 9.90. The molecule has 1 aliphatic heterocycles. The zero-order valence-electron chi connectivity index (χ0n) is 14.8. The van der Waals surface area contributed by atoms with Crippen molar-refractivity contribution in [3.63, 3.8) is 0 Å². The predicted octanol–water partition coefficient (Wildman–Crippen LogP) is 4.72. The number of fused-ring (bicyclic) bond motifs is 2. The van der Waals surface area contributed by atoms with Gasteiger partial charge in [0.2, 0.25) is 0 Å². The number of halogens is 1. The quantitative estimate of drug-likeness (QED) is 0.477. The van der Waals surface area contributed by atoms with Crippen LogP contribution < -0.4 is 5.32 Å². The smallest absolute Gasteiger partial charge is 0.264 e. The van der Waals surface area contributed by atoms with E-state index in [1.54, 1.807) is 30.7 Å². The van der Waals surface area contributed by atoms with Crippen LogP contribution in [-0.2, 0) is 4.79 Å². The minimum Gasteiger partial charge on any atom is -0.300 e. The maximum atomic E-state index is 12.4. The molecular weight excluding hydrogens is 406 g/mol. The number of nitrogens with one attached hydrogen (secondary N) is 1. The van der Waals surface area contributed by atoms with Crippen molar-refractivity contribution in [2.45, 2.75) is 0 Å². The predicted molar refractivity (Wildman–Crippen MR) is 117 cm³/mol. The number of aliphatic imine (C=N–C) groups is 1. The van der Waals surface area contributed by atoms with Crippen molar-refractivity contribution in [2.75, 3.05) is 0 Å². The maximum absolute atomic E-state index is 12.4. The number of rotatable bonds is 2. The van der Waals surface area contributed by atoms with E-state index >= 15 is 0 Å². The molecule has 3 heterocycles. The second-order valence-corrected chi connectivity index (χ2v) is 7.72. The van der Waals surface area contributed by atoms with Crippen molar-refractivity contribution in [1.82, 2.24) is 20.3 Å². The van der Waals surface area contributed by atoms with Crippen LogP contribution in [0.3, 0.4) is 0 Å². The maximum Gasteiger partial charge on any atom is 0.264 e. The Balaban J connectivity index is 1.46. The summed E-state index contributed by atoms with van der Waals surface area (Å²) < 4.78 is 0. The van der Waals surface area contributed by atoms with Gasteiger partial charge in [0, 0.05) is 24.0 Å². The average molecular weight is 418 g/mol. The van der Waals surface area contributed by atoms with Crippen molar-refractivity contribution in [1.29, 1.82) is 0 Å². The van der Waals surface area contributed by atoms with Crippen molar-refractivity contribution < 1.29 is 4.79 Å². The lowest BCUT2D eigenvalue weighted by molar-refractivity contribution is -0.115. The summed E-state index contributed by atoms with van der Waals surface area (Å²) in [5, 5.41) is 4.71. The first-order chi connectivity index (χ1) is 14.2. The number of amides is 1. The third-order valence-electron chi connectivity index (χ3n) is 4.34. The van der Waals surface area contributed by atoms with E-state index in [9.17, 15) is 4.79 Å². The molecule has 0 spiro atoms. The molecule has 1 saturated heterocycles. The second kappa shape index (κ2) is 7.27. The van der Waals surface area contributed by atoms with Crippen LogP contribution in [0.2, 0.25) is 5.02 Å². The number of amidine groups is 1. The van der Waals surface area contributed by atoms with E-state index < -0.39 is 0 Å². The van der Waals surface area contributed by atoms with Gasteiger partial charge in [-0.2, -0.15) is 0 Å². The van der Waals surface area contributed by atoms with Gasteiger partial charge in [0.15, 0.2) is 5.17 Å².